The summed E-state index contributed by atoms with van der Waals surface area (Å²) in [5.41, 5.74) is 1.52. The monoisotopic (exact) mass is 485 g/mol. The van der Waals surface area contributed by atoms with E-state index in [1.807, 2.05) is 44.7 Å². The summed E-state index contributed by atoms with van der Waals surface area (Å²) in [5, 5.41) is 0. The summed E-state index contributed by atoms with van der Waals surface area (Å²) in [6.07, 6.45) is 5.77. The first-order chi connectivity index (χ1) is 16.5. The Morgan fingerprint density at radius 3 is 2.74 bits per heavy atom. The number of rotatable bonds is 5. The summed E-state index contributed by atoms with van der Waals surface area (Å²) in [6, 6.07) is 6.15. The Hall–Kier alpha value is -2.21. The van der Waals surface area contributed by atoms with Crippen molar-refractivity contribution in [3.05, 3.63) is 35.4 Å². The summed E-state index contributed by atoms with van der Waals surface area (Å²) in [4.78, 5) is 14.6. The van der Waals surface area contributed by atoms with Crippen LogP contribution in [0.3, 0.4) is 0 Å². The van der Waals surface area contributed by atoms with E-state index >= 15 is 0 Å². The summed E-state index contributed by atoms with van der Waals surface area (Å²) >= 11 is 0. The lowest BCUT2D eigenvalue weighted by atomic mass is 9.68. The molecule has 5 atom stereocenters. The highest BCUT2D eigenvalue weighted by Gasteiger charge is 2.53. The molecule has 3 heterocycles. The number of ether oxygens (including phenoxy) is 4. The van der Waals surface area contributed by atoms with E-state index in [1.165, 1.54) is 5.57 Å². The van der Waals surface area contributed by atoms with Gasteiger partial charge in [0.25, 0.3) is 0 Å². The van der Waals surface area contributed by atoms with Crippen LogP contribution in [0.25, 0.3) is 0 Å². The Balaban J connectivity index is 1.61. The van der Waals surface area contributed by atoms with E-state index in [0.717, 1.165) is 42.7 Å². The van der Waals surface area contributed by atoms with Crippen molar-refractivity contribution in [3.8, 4) is 11.5 Å². The molecule has 2 saturated heterocycles. The Kier molecular flexibility index (Phi) is 7.42. The molecule has 3 aliphatic rings. The second-order valence-electron chi connectivity index (χ2n) is 11.8. The fourth-order valence-electron chi connectivity index (χ4n) is 5.83. The minimum absolute atomic E-state index is 0.0369. The third-order valence-corrected chi connectivity index (χ3v) is 7.49. The maximum atomic E-state index is 12.8. The van der Waals surface area contributed by atoms with Gasteiger partial charge in [-0.05, 0) is 80.2 Å². The average molecular weight is 486 g/mol. The average Bonchev–Trinajstić information content (AvgIpc) is 2.77. The molecule has 0 N–H and O–H groups in total. The number of fused-ring (bicyclic) bond motifs is 4. The van der Waals surface area contributed by atoms with E-state index in [9.17, 15) is 4.79 Å². The number of carbonyl (C=O) groups is 1. The van der Waals surface area contributed by atoms with E-state index in [-0.39, 0.29) is 30.1 Å². The van der Waals surface area contributed by atoms with Gasteiger partial charge >= 0.3 is 6.09 Å². The van der Waals surface area contributed by atoms with Gasteiger partial charge in [0.15, 0.2) is 11.5 Å². The molecule has 4 rings (SSSR count). The van der Waals surface area contributed by atoms with Crippen molar-refractivity contribution in [2.75, 3.05) is 19.7 Å². The third-order valence-electron chi connectivity index (χ3n) is 7.49. The summed E-state index contributed by atoms with van der Waals surface area (Å²) in [6.45, 7) is 16.2. The van der Waals surface area contributed by atoms with Crippen LogP contribution in [-0.4, -0.2) is 48.0 Å². The van der Waals surface area contributed by atoms with Crippen molar-refractivity contribution < 1.29 is 23.7 Å². The maximum absolute atomic E-state index is 12.8. The van der Waals surface area contributed by atoms with Crippen molar-refractivity contribution >= 4 is 6.09 Å². The molecular formula is C29H43NO5. The number of benzene rings is 1. The number of piperidine rings is 1. The van der Waals surface area contributed by atoms with Gasteiger partial charge in [-0.1, -0.05) is 23.8 Å². The Bertz CT molecular complexity index is 947. The number of likely N-dealkylation sites (tertiary alicyclic amines) is 1. The number of para-hydroxylation sites is 1. The standard InChI is InChI=1S/C29H43NO5/c1-8-32-24-13-9-12-21-25-22(29(7,34-26(21)24)15-10-11-19(2)3)17-20-18-30(16-14-23(20)33-25)27(31)35-28(4,5)6/h9,11-13,20,22-23,25H,8,10,14-18H2,1-7H3/t20-,22-,23-,25+,29-/m0/s1. The molecule has 0 aliphatic carbocycles. The van der Waals surface area contributed by atoms with Gasteiger partial charge in [-0.3, -0.25) is 0 Å². The van der Waals surface area contributed by atoms with Crippen LogP contribution in [0.5, 0.6) is 11.5 Å². The van der Waals surface area contributed by atoms with Gasteiger partial charge in [0.2, 0.25) is 0 Å². The van der Waals surface area contributed by atoms with Gasteiger partial charge in [-0.2, -0.15) is 0 Å². The normalized spacial score (nSPS) is 29.7. The van der Waals surface area contributed by atoms with E-state index in [2.05, 4.69) is 32.9 Å². The third kappa shape index (κ3) is 5.63. The van der Waals surface area contributed by atoms with Gasteiger partial charge in [-0.25, -0.2) is 4.79 Å². The molecule has 0 spiro atoms. The molecule has 1 aromatic carbocycles. The second kappa shape index (κ2) is 10.0. The molecule has 3 aliphatic heterocycles. The van der Waals surface area contributed by atoms with Crippen molar-refractivity contribution in [2.24, 2.45) is 11.8 Å². The van der Waals surface area contributed by atoms with Crippen LogP contribution in [0, 0.1) is 11.8 Å². The smallest absolute Gasteiger partial charge is 0.410 e. The predicted octanol–water partition coefficient (Wildman–Crippen LogP) is 6.69. The molecule has 35 heavy (non-hydrogen) atoms. The fraction of sp³-hybridized carbons (Fsp3) is 0.690. The van der Waals surface area contributed by atoms with Crippen LogP contribution >= 0.6 is 0 Å². The Labute approximate surface area is 210 Å². The van der Waals surface area contributed by atoms with E-state index in [4.69, 9.17) is 18.9 Å². The van der Waals surface area contributed by atoms with Gasteiger partial charge in [0.1, 0.15) is 11.2 Å². The molecule has 0 unspecified atom stereocenters. The van der Waals surface area contributed by atoms with Gasteiger partial charge in [0, 0.05) is 30.5 Å². The Morgan fingerprint density at radius 2 is 2.06 bits per heavy atom. The second-order valence-corrected chi connectivity index (χ2v) is 11.8. The first kappa shape index (κ1) is 25.9. The molecule has 0 saturated carbocycles. The lowest BCUT2D eigenvalue weighted by Crippen LogP contribution is -2.57. The maximum Gasteiger partial charge on any atom is 0.410 e. The zero-order chi connectivity index (χ0) is 25.4. The molecule has 6 nitrogen and oxygen atoms in total. The largest absolute Gasteiger partial charge is 0.490 e. The zero-order valence-corrected chi connectivity index (χ0v) is 22.6. The highest BCUT2D eigenvalue weighted by molar-refractivity contribution is 5.68. The number of hydrogen-bond acceptors (Lipinski definition) is 5. The lowest BCUT2D eigenvalue weighted by Gasteiger charge is -2.54. The molecule has 0 aromatic heterocycles. The zero-order valence-electron chi connectivity index (χ0n) is 22.6. The Morgan fingerprint density at radius 1 is 1.29 bits per heavy atom. The highest BCUT2D eigenvalue weighted by atomic mass is 16.6. The molecule has 1 aromatic rings. The topological polar surface area (TPSA) is 57.2 Å². The number of nitrogens with zero attached hydrogens (tertiary/aromatic N) is 1. The molecule has 1 amide bonds. The minimum Gasteiger partial charge on any atom is -0.490 e. The van der Waals surface area contributed by atoms with Crippen LogP contribution in [0.1, 0.15) is 85.8 Å². The quantitative estimate of drug-likeness (QED) is 0.435. The molecule has 194 valence electrons. The SMILES string of the molecule is CCOc1cccc2c1O[C@@](C)(CCC=C(C)C)[C@H]1C[C@H]3CN(C(=O)OC(C)(C)C)CC[C@@H]3O[C@H]21. The number of hydrogen-bond donors (Lipinski definition) is 0. The number of carbonyl (C=O) groups excluding carboxylic acids is 1. The van der Waals surface area contributed by atoms with E-state index in [1.54, 1.807) is 0 Å². The van der Waals surface area contributed by atoms with Crippen molar-refractivity contribution in [2.45, 2.75) is 97.6 Å². The van der Waals surface area contributed by atoms with Crippen molar-refractivity contribution in [1.82, 2.24) is 4.90 Å². The van der Waals surface area contributed by atoms with Crippen LogP contribution in [-0.2, 0) is 9.47 Å². The molecule has 0 bridgehead atoms. The van der Waals surface area contributed by atoms with Gasteiger partial charge in [-0.15, -0.1) is 0 Å². The fourth-order valence-corrected chi connectivity index (χ4v) is 5.83. The summed E-state index contributed by atoms with van der Waals surface area (Å²) in [7, 11) is 0. The van der Waals surface area contributed by atoms with Crippen LogP contribution in [0.4, 0.5) is 4.79 Å². The van der Waals surface area contributed by atoms with Gasteiger partial charge < -0.3 is 23.8 Å². The summed E-state index contributed by atoms with van der Waals surface area (Å²) < 4.78 is 25.3. The first-order valence-corrected chi connectivity index (χ1v) is 13.2. The van der Waals surface area contributed by atoms with Crippen LogP contribution in [0.2, 0.25) is 0 Å². The van der Waals surface area contributed by atoms with Gasteiger partial charge in [0.05, 0.1) is 18.8 Å². The van der Waals surface area contributed by atoms with Crippen LogP contribution in [0.15, 0.2) is 29.8 Å². The molecule has 6 heteroatoms. The van der Waals surface area contributed by atoms with E-state index < -0.39 is 11.2 Å². The molecule has 2 fully saturated rings. The van der Waals surface area contributed by atoms with Crippen molar-refractivity contribution in [3.63, 3.8) is 0 Å². The first-order valence-electron chi connectivity index (χ1n) is 13.2. The van der Waals surface area contributed by atoms with Crippen molar-refractivity contribution in [1.29, 1.82) is 0 Å². The minimum atomic E-state index is -0.495. The van der Waals surface area contributed by atoms with Crippen LogP contribution < -0.4 is 9.47 Å². The predicted molar refractivity (Wildman–Crippen MR) is 137 cm³/mol. The number of amides is 1. The number of allylic oxidation sites excluding steroid dienone is 2. The molecular weight excluding hydrogens is 442 g/mol. The highest BCUT2D eigenvalue weighted by Crippen LogP contribution is 2.56. The lowest BCUT2D eigenvalue weighted by molar-refractivity contribution is -0.191. The van der Waals surface area contributed by atoms with E-state index in [0.29, 0.717) is 19.7 Å². The molecule has 0 radical (unpaired) electrons. The summed E-state index contributed by atoms with van der Waals surface area (Å²) in [5.74, 6) is 2.08.